The molecule has 0 saturated carbocycles. The number of hydrogen-bond acceptors (Lipinski definition) is 2. The minimum absolute atomic E-state index is 0.279. The third-order valence-electron chi connectivity index (χ3n) is 0.817. The van der Waals surface area contributed by atoms with E-state index in [-0.39, 0.29) is 5.44 Å². The van der Waals surface area contributed by atoms with Gasteiger partial charge in [-0.25, -0.2) is 0 Å². The summed E-state index contributed by atoms with van der Waals surface area (Å²) in [6.07, 6.45) is 0. The molecule has 42 valence electrons. The van der Waals surface area contributed by atoms with Gasteiger partial charge < -0.3 is 4.74 Å². The summed E-state index contributed by atoms with van der Waals surface area (Å²) in [5.41, 5.74) is 0.279. The first kappa shape index (κ1) is 5.73. The van der Waals surface area contributed by atoms with Gasteiger partial charge in [0.1, 0.15) is 5.44 Å². The predicted molar refractivity (Wildman–Crippen MR) is 32.9 cm³/mol. The normalized spacial score (nSPS) is 31.3. The Labute approximate surface area is 52.4 Å². The maximum absolute atomic E-state index is 5.46. The Bertz CT molecular complexity index is 53.7. The molecule has 1 heterocycles. The van der Waals surface area contributed by atoms with Crippen molar-refractivity contribution in [3.05, 3.63) is 0 Å². The van der Waals surface area contributed by atoms with Crippen molar-refractivity contribution in [1.82, 2.24) is 0 Å². The second kappa shape index (κ2) is 2.80. The van der Waals surface area contributed by atoms with Gasteiger partial charge in [-0.05, 0) is 0 Å². The van der Waals surface area contributed by atoms with Crippen LogP contribution in [0.5, 0.6) is 0 Å². The molecule has 1 aliphatic heterocycles. The summed E-state index contributed by atoms with van der Waals surface area (Å²) in [5.74, 6) is 1.74. The molecule has 0 spiro atoms. The quantitative estimate of drug-likeness (QED) is 0.506. The Morgan fingerprint density at radius 2 is 2.71 bits per heavy atom. The molecule has 1 aliphatic rings. The van der Waals surface area contributed by atoms with Crippen LogP contribution < -0.4 is 0 Å². The van der Waals surface area contributed by atoms with E-state index < -0.39 is 0 Å². The van der Waals surface area contributed by atoms with Crippen LogP contribution in [-0.2, 0) is 4.74 Å². The van der Waals surface area contributed by atoms with Crippen LogP contribution in [0.2, 0.25) is 0 Å². The van der Waals surface area contributed by atoms with Gasteiger partial charge in [0.05, 0.1) is 12.5 Å². The van der Waals surface area contributed by atoms with Crippen molar-refractivity contribution < 1.29 is 4.74 Å². The van der Waals surface area contributed by atoms with Crippen LogP contribution in [0.4, 0.5) is 0 Å². The third kappa shape index (κ3) is 1.52. The number of rotatable bonds is 1. The molecular weight excluding hydrogens is 132 g/mol. The molecule has 1 rings (SSSR count). The van der Waals surface area contributed by atoms with Gasteiger partial charge in [0.25, 0.3) is 0 Å². The highest BCUT2D eigenvalue weighted by molar-refractivity contribution is 8.00. The van der Waals surface area contributed by atoms with E-state index in [0.717, 1.165) is 12.4 Å². The Morgan fingerprint density at radius 3 is 3.00 bits per heavy atom. The molecule has 1 atom stereocenters. The van der Waals surface area contributed by atoms with Crippen LogP contribution >= 0.6 is 23.4 Å². The van der Waals surface area contributed by atoms with E-state index in [4.69, 9.17) is 16.3 Å². The second-order valence-corrected chi connectivity index (χ2v) is 2.90. The summed E-state index contributed by atoms with van der Waals surface area (Å²) in [6.45, 7) is 0.877. The molecule has 1 nitrogen and oxygen atoms in total. The summed E-state index contributed by atoms with van der Waals surface area (Å²) < 4.78 is 5.13. The summed E-state index contributed by atoms with van der Waals surface area (Å²) in [7, 11) is 0. The van der Waals surface area contributed by atoms with Crippen LogP contribution in [0, 0.1) is 0 Å². The Morgan fingerprint density at radius 1 is 1.86 bits per heavy atom. The molecule has 0 amide bonds. The van der Waals surface area contributed by atoms with Crippen molar-refractivity contribution in [2.45, 2.75) is 5.44 Å². The van der Waals surface area contributed by atoms with E-state index in [1.165, 1.54) is 0 Å². The van der Waals surface area contributed by atoms with Crippen molar-refractivity contribution in [3.8, 4) is 0 Å². The lowest BCUT2D eigenvalue weighted by Gasteiger charge is -1.98. The largest absolute Gasteiger partial charge is 0.365 e. The van der Waals surface area contributed by atoms with Crippen molar-refractivity contribution in [2.24, 2.45) is 0 Å². The molecule has 0 N–H and O–H groups in total. The fraction of sp³-hybridized carbons (Fsp3) is 1.00. The number of ether oxygens (including phenoxy) is 1. The van der Waals surface area contributed by atoms with Gasteiger partial charge in [-0.2, -0.15) is 0 Å². The van der Waals surface area contributed by atoms with E-state index >= 15 is 0 Å². The number of halogens is 1. The van der Waals surface area contributed by atoms with Crippen LogP contribution in [0.1, 0.15) is 0 Å². The van der Waals surface area contributed by atoms with Crippen molar-refractivity contribution in [3.63, 3.8) is 0 Å². The molecule has 0 aromatic rings. The SMILES string of the molecule is ClCC1OCCS1. The maximum atomic E-state index is 5.46. The molecule has 0 aromatic heterocycles. The molecule has 0 aliphatic carbocycles. The molecule has 3 heteroatoms. The summed E-state index contributed by atoms with van der Waals surface area (Å²) >= 11 is 7.25. The zero-order valence-corrected chi connectivity index (χ0v) is 5.47. The summed E-state index contributed by atoms with van der Waals surface area (Å²) in [4.78, 5) is 0. The van der Waals surface area contributed by atoms with Gasteiger partial charge >= 0.3 is 0 Å². The average molecular weight is 139 g/mol. The van der Waals surface area contributed by atoms with E-state index in [1.807, 2.05) is 0 Å². The van der Waals surface area contributed by atoms with E-state index in [0.29, 0.717) is 5.88 Å². The highest BCUT2D eigenvalue weighted by Gasteiger charge is 2.13. The monoisotopic (exact) mass is 138 g/mol. The van der Waals surface area contributed by atoms with Crippen molar-refractivity contribution in [2.75, 3.05) is 18.2 Å². The van der Waals surface area contributed by atoms with Crippen LogP contribution in [0.3, 0.4) is 0 Å². The lowest BCUT2D eigenvalue weighted by Crippen LogP contribution is -2.00. The van der Waals surface area contributed by atoms with Gasteiger partial charge in [-0.3, -0.25) is 0 Å². The second-order valence-electron chi connectivity index (χ2n) is 1.33. The molecule has 7 heavy (non-hydrogen) atoms. The first-order valence-corrected chi connectivity index (χ1v) is 3.81. The first-order chi connectivity index (χ1) is 3.43. The van der Waals surface area contributed by atoms with Gasteiger partial charge in [0, 0.05) is 5.75 Å². The minimum atomic E-state index is 0.279. The number of hydrogen-bond donors (Lipinski definition) is 0. The summed E-state index contributed by atoms with van der Waals surface area (Å²) in [6, 6.07) is 0. The molecule has 1 saturated heterocycles. The number of thioether (sulfide) groups is 1. The highest BCUT2D eigenvalue weighted by atomic mass is 35.5. The topological polar surface area (TPSA) is 9.23 Å². The zero-order valence-electron chi connectivity index (χ0n) is 3.89. The Hall–Kier alpha value is 0.600. The fourth-order valence-electron chi connectivity index (χ4n) is 0.496. The van der Waals surface area contributed by atoms with Gasteiger partial charge in [-0.15, -0.1) is 23.4 Å². The van der Waals surface area contributed by atoms with Gasteiger partial charge in [0.15, 0.2) is 0 Å². The molecule has 0 radical (unpaired) electrons. The first-order valence-electron chi connectivity index (χ1n) is 2.22. The standard InChI is InChI=1S/C4H7ClOS/c5-3-4-6-1-2-7-4/h4H,1-3H2. The Balaban J connectivity index is 2.14. The molecule has 0 bridgehead atoms. The van der Waals surface area contributed by atoms with E-state index in [9.17, 15) is 0 Å². The minimum Gasteiger partial charge on any atom is -0.365 e. The lowest BCUT2D eigenvalue weighted by molar-refractivity contribution is 0.158. The van der Waals surface area contributed by atoms with Gasteiger partial charge in [-0.1, -0.05) is 0 Å². The lowest BCUT2D eigenvalue weighted by atomic mass is 10.8. The predicted octanol–water partition coefficient (Wildman–Crippen LogP) is 1.31. The number of alkyl halides is 1. The molecular formula is C4H7ClOS. The summed E-state index contributed by atoms with van der Waals surface area (Å²) in [5, 5.41) is 0. The molecule has 1 fully saturated rings. The van der Waals surface area contributed by atoms with Crippen LogP contribution in [0.15, 0.2) is 0 Å². The van der Waals surface area contributed by atoms with Crippen LogP contribution in [-0.4, -0.2) is 23.7 Å². The van der Waals surface area contributed by atoms with E-state index in [1.54, 1.807) is 11.8 Å². The Kier molecular flexibility index (Phi) is 2.29. The van der Waals surface area contributed by atoms with E-state index in [2.05, 4.69) is 0 Å². The highest BCUT2D eigenvalue weighted by Crippen LogP contribution is 2.19. The third-order valence-corrected chi connectivity index (χ3v) is 2.36. The van der Waals surface area contributed by atoms with Crippen molar-refractivity contribution in [1.29, 1.82) is 0 Å². The zero-order chi connectivity index (χ0) is 5.11. The fourth-order valence-corrected chi connectivity index (χ4v) is 1.59. The molecule has 1 unspecified atom stereocenters. The molecule has 0 aromatic carbocycles. The maximum Gasteiger partial charge on any atom is 0.116 e. The van der Waals surface area contributed by atoms with Gasteiger partial charge in [0.2, 0.25) is 0 Å². The van der Waals surface area contributed by atoms with Crippen LogP contribution in [0.25, 0.3) is 0 Å². The average Bonchev–Trinajstić information content (AvgIpc) is 2.14. The smallest absolute Gasteiger partial charge is 0.116 e. The van der Waals surface area contributed by atoms with Crippen molar-refractivity contribution >= 4 is 23.4 Å².